The van der Waals surface area contributed by atoms with Gasteiger partial charge in [-0.1, -0.05) is 0 Å². The third-order valence-electron chi connectivity index (χ3n) is 4.23. The Bertz CT molecular complexity index is 476. The Balaban J connectivity index is 1.65. The molecule has 2 aliphatic rings. The molecule has 108 valence electrons. The average Bonchev–Trinajstić information content (AvgIpc) is 2.72. The number of benzene rings is 1. The Hall–Kier alpha value is -1.62. The fraction of sp³-hybridized carbons (Fsp3) is 0.533. The van der Waals surface area contributed by atoms with E-state index in [-0.39, 0.29) is 29.9 Å². The molecule has 3 atom stereocenters. The van der Waals surface area contributed by atoms with E-state index in [1.165, 1.54) is 12.1 Å². The van der Waals surface area contributed by atoms with Crippen LogP contribution < -0.4 is 4.74 Å². The summed E-state index contributed by atoms with van der Waals surface area (Å²) < 4.78 is 18.7. The molecule has 4 nitrogen and oxygen atoms in total. The molecule has 1 unspecified atom stereocenters. The minimum Gasteiger partial charge on any atom is -0.490 e. The predicted molar refractivity (Wildman–Crippen MR) is 70.8 cm³/mol. The number of hydrogen-bond acceptors (Lipinski definition) is 3. The number of nitrogens with zero attached hydrogens (tertiary/aromatic N) is 1. The van der Waals surface area contributed by atoms with Crippen molar-refractivity contribution in [1.82, 2.24) is 4.90 Å². The maximum atomic E-state index is 12.9. The van der Waals surface area contributed by atoms with Crippen LogP contribution in [0.5, 0.6) is 5.75 Å². The SMILES string of the molecule is O=C(CO)N1[C@@H]2CC[C@H]1CC(Oc1ccc(F)cc1)C2. The predicted octanol–water partition coefficient (Wildman–Crippen LogP) is 1.72. The van der Waals surface area contributed by atoms with Crippen molar-refractivity contribution < 1.29 is 19.0 Å². The molecule has 2 aliphatic heterocycles. The number of halogens is 1. The van der Waals surface area contributed by atoms with Crippen LogP contribution in [0.3, 0.4) is 0 Å². The number of aliphatic hydroxyl groups excluding tert-OH is 1. The van der Waals surface area contributed by atoms with Gasteiger partial charge in [-0.05, 0) is 37.1 Å². The van der Waals surface area contributed by atoms with Crippen LogP contribution in [0.15, 0.2) is 24.3 Å². The molecule has 3 rings (SSSR count). The molecule has 1 amide bonds. The monoisotopic (exact) mass is 279 g/mol. The molecule has 2 saturated heterocycles. The second kappa shape index (κ2) is 5.40. The molecule has 0 aliphatic carbocycles. The smallest absolute Gasteiger partial charge is 0.248 e. The number of ether oxygens (including phenoxy) is 1. The number of rotatable bonds is 3. The van der Waals surface area contributed by atoms with E-state index in [2.05, 4.69) is 0 Å². The number of amides is 1. The minimum absolute atomic E-state index is 0.0562. The Morgan fingerprint density at radius 2 is 1.85 bits per heavy atom. The van der Waals surface area contributed by atoms with Crippen LogP contribution in [-0.2, 0) is 4.79 Å². The number of carbonyl (C=O) groups excluding carboxylic acids is 1. The number of fused-ring (bicyclic) bond motifs is 2. The Morgan fingerprint density at radius 1 is 1.25 bits per heavy atom. The molecule has 1 N–H and O–H groups in total. The molecule has 2 bridgehead atoms. The lowest BCUT2D eigenvalue weighted by Gasteiger charge is -2.38. The van der Waals surface area contributed by atoms with Crippen LogP contribution in [0.1, 0.15) is 25.7 Å². The van der Waals surface area contributed by atoms with Gasteiger partial charge in [0.25, 0.3) is 0 Å². The van der Waals surface area contributed by atoms with E-state index in [9.17, 15) is 9.18 Å². The highest BCUT2D eigenvalue weighted by molar-refractivity contribution is 5.78. The fourth-order valence-electron chi connectivity index (χ4n) is 3.42. The van der Waals surface area contributed by atoms with Crippen molar-refractivity contribution >= 4 is 5.91 Å². The zero-order valence-electron chi connectivity index (χ0n) is 11.2. The van der Waals surface area contributed by atoms with Gasteiger partial charge in [0.05, 0.1) is 0 Å². The van der Waals surface area contributed by atoms with Crippen LogP contribution >= 0.6 is 0 Å². The molecule has 0 saturated carbocycles. The lowest BCUT2D eigenvalue weighted by atomic mass is 9.99. The molecule has 0 spiro atoms. The summed E-state index contributed by atoms with van der Waals surface area (Å²) >= 11 is 0. The van der Waals surface area contributed by atoms with Crippen LogP contribution in [0.4, 0.5) is 4.39 Å². The van der Waals surface area contributed by atoms with Crippen molar-refractivity contribution in [3.63, 3.8) is 0 Å². The molecule has 1 aromatic rings. The summed E-state index contributed by atoms with van der Waals surface area (Å²) in [7, 11) is 0. The lowest BCUT2D eigenvalue weighted by molar-refractivity contribution is -0.140. The van der Waals surface area contributed by atoms with Crippen molar-refractivity contribution in [2.45, 2.75) is 43.9 Å². The van der Waals surface area contributed by atoms with E-state index in [1.54, 1.807) is 12.1 Å². The summed E-state index contributed by atoms with van der Waals surface area (Å²) in [5, 5.41) is 9.02. The van der Waals surface area contributed by atoms with Crippen molar-refractivity contribution in [1.29, 1.82) is 0 Å². The second-order valence-electron chi connectivity index (χ2n) is 5.51. The number of carbonyl (C=O) groups is 1. The van der Waals surface area contributed by atoms with E-state index in [0.29, 0.717) is 5.75 Å². The van der Waals surface area contributed by atoms with Crippen LogP contribution in [0.2, 0.25) is 0 Å². The zero-order valence-corrected chi connectivity index (χ0v) is 11.2. The summed E-state index contributed by atoms with van der Waals surface area (Å²) in [4.78, 5) is 13.5. The Labute approximate surface area is 117 Å². The van der Waals surface area contributed by atoms with Gasteiger partial charge in [-0.3, -0.25) is 4.79 Å². The summed E-state index contributed by atoms with van der Waals surface area (Å²) in [6.07, 6.45) is 3.55. The Morgan fingerprint density at radius 3 is 2.40 bits per heavy atom. The standard InChI is InChI=1S/C15H18FNO3/c16-10-1-5-13(6-2-10)20-14-7-11-3-4-12(8-14)17(11)15(19)9-18/h1-2,5-6,11-12,14,18H,3-4,7-9H2/t11-,12+,14?. The highest BCUT2D eigenvalue weighted by atomic mass is 19.1. The van der Waals surface area contributed by atoms with Crippen molar-refractivity contribution in [3.05, 3.63) is 30.1 Å². The van der Waals surface area contributed by atoms with Gasteiger partial charge in [-0.25, -0.2) is 4.39 Å². The second-order valence-corrected chi connectivity index (χ2v) is 5.51. The minimum atomic E-state index is -0.420. The van der Waals surface area contributed by atoms with Crippen LogP contribution in [0.25, 0.3) is 0 Å². The topological polar surface area (TPSA) is 49.8 Å². The maximum absolute atomic E-state index is 12.9. The molecule has 20 heavy (non-hydrogen) atoms. The number of hydrogen-bond donors (Lipinski definition) is 1. The molecule has 2 heterocycles. The summed E-state index contributed by atoms with van der Waals surface area (Å²) in [6.45, 7) is -0.420. The van der Waals surface area contributed by atoms with E-state index >= 15 is 0 Å². The summed E-state index contributed by atoms with van der Waals surface area (Å²) in [5.41, 5.74) is 0. The van der Waals surface area contributed by atoms with Gasteiger partial charge in [0.1, 0.15) is 24.3 Å². The maximum Gasteiger partial charge on any atom is 0.248 e. The molecule has 0 radical (unpaired) electrons. The normalized spacial score (nSPS) is 28.5. The van der Waals surface area contributed by atoms with Gasteiger partial charge < -0.3 is 14.7 Å². The quantitative estimate of drug-likeness (QED) is 0.916. The fourth-order valence-corrected chi connectivity index (χ4v) is 3.42. The number of piperidine rings is 1. The lowest BCUT2D eigenvalue weighted by Crippen LogP contribution is -2.50. The molecular formula is C15H18FNO3. The van der Waals surface area contributed by atoms with E-state index in [1.807, 2.05) is 4.90 Å². The highest BCUT2D eigenvalue weighted by Crippen LogP contribution is 2.37. The van der Waals surface area contributed by atoms with Gasteiger partial charge in [0, 0.05) is 24.9 Å². The zero-order chi connectivity index (χ0) is 14.1. The summed E-state index contributed by atoms with van der Waals surface area (Å²) in [5.74, 6) is 0.205. The number of aliphatic hydroxyl groups is 1. The first kappa shape index (κ1) is 13.4. The van der Waals surface area contributed by atoms with Crippen LogP contribution in [0, 0.1) is 5.82 Å². The largest absolute Gasteiger partial charge is 0.490 e. The Kier molecular flexibility index (Phi) is 3.61. The first-order valence-corrected chi connectivity index (χ1v) is 7.01. The van der Waals surface area contributed by atoms with Gasteiger partial charge in [0.15, 0.2) is 0 Å². The van der Waals surface area contributed by atoms with Gasteiger partial charge in [0.2, 0.25) is 5.91 Å². The first-order chi connectivity index (χ1) is 9.67. The van der Waals surface area contributed by atoms with Crippen molar-refractivity contribution in [2.24, 2.45) is 0 Å². The van der Waals surface area contributed by atoms with E-state index in [0.717, 1.165) is 25.7 Å². The van der Waals surface area contributed by atoms with Crippen molar-refractivity contribution in [3.8, 4) is 5.75 Å². The van der Waals surface area contributed by atoms with E-state index in [4.69, 9.17) is 9.84 Å². The van der Waals surface area contributed by atoms with Crippen molar-refractivity contribution in [2.75, 3.05) is 6.61 Å². The highest BCUT2D eigenvalue weighted by Gasteiger charge is 2.43. The average molecular weight is 279 g/mol. The van der Waals surface area contributed by atoms with Gasteiger partial charge in [-0.15, -0.1) is 0 Å². The van der Waals surface area contributed by atoms with Crippen LogP contribution in [-0.4, -0.2) is 40.7 Å². The van der Waals surface area contributed by atoms with Gasteiger partial charge in [-0.2, -0.15) is 0 Å². The van der Waals surface area contributed by atoms with Gasteiger partial charge >= 0.3 is 0 Å². The first-order valence-electron chi connectivity index (χ1n) is 7.01. The molecule has 1 aromatic carbocycles. The molecular weight excluding hydrogens is 261 g/mol. The molecule has 0 aromatic heterocycles. The van der Waals surface area contributed by atoms with E-state index < -0.39 is 6.61 Å². The third kappa shape index (κ3) is 2.50. The molecule has 2 fully saturated rings. The molecule has 5 heteroatoms. The third-order valence-corrected chi connectivity index (χ3v) is 4.23. The summed E-state index contributed by atoms with van der Waals surface area (Å²) in [6, 6.07) is 6.35.